The lowest BCUT2D eigenvalue weighted by Gasteiger charge is -2.47. The van der Waals surface area contributed by atoms with Gasteiger partial charge < -0.3 is 21.1 Å². The average molecular weight is 559 g/mol. The fourth-order valence-corrected chi connectivity index (χ4v) is 7.23. The number of nitrogens with zero attached hydrogens (tertiary/aromatic N) is 1. The van der Waals surface area contributed by atoms with Crippen molar-refractivity contribution in [2.24, 2.45) is 5.92 Å². The summed E-state index contributed by atoms with van der Waals surface area (Å²) in [6.45, 7) is 8.01. The second kappa shape index (κ2) is 12.9. The first kappa shape index (κ1) is 29.7. The van der Waals surface area contributed by atoms with E-state index in [2.05, 4.69) is 29.8 Å². The molecule has 0 bridgehead atoms. The van der Waals surface area contributed by atoms with Crippen LogP contribution in [0.4, 0.5) is 11.4 Å². The highest BCUT2D eigenvalue weighted by Crippen LogP contribution is 2.50. The molecule has 0 spiro atoms. The normalized spacial score (nSPS) is 20.2. The van der Waals surface area contributed by atoms with Gasteiger partial charge in [-0.05, 0) is 75.1 Å². The lowest BCUT2D eigenvalue weighted by atomic mass is 9.98. The topological polar surface area (TPSA) is 117 Å². The van der Waals surface area contributed by atoms with E-state index in [0.717, 1.165) is 43.4 Å². The third kappa shape index (κ3) is 8.11. The molecule has 2 aromatic carbocycles. The third-order valence-corrected chi connectivity index (χ3v) is 9.59. The van der Waals surface area contributed by atoms with Crippen LogP contribution in [0.5, 0.6) is 0 Å². The standard InChI is InChI=1S/C30H46N4O4S/c1-4-31-25-17-24(18-26(19-25)34-14-8-9-15-39(34,37)38)29(36)33-27(16-23-10-6-5-7-11-23)28(35)21-32-30(12-13-30)20-22(2)3/h5-7,10-11,17-19,22,27-28,31-32,35,37-38H,4,8-9,12-16,20-21H2,1-3H3,(H,33,36)/t27-,28+/m0/s1. The predicted octanol–water partition coefficient (Wildman–Crippen LogP) is 5.25. The van der Waals surface area contributed by atoms with E-state index in [1.165, 1.54) is 0 Å². The number of anilines is 2. The second-order valence-electron chi connectivity index (χ2n) is 11.5. The first-order valence-corrected chi connectivity index (χ1v) is 16.0. The molecule has 216 valence electrons. The fourth-order valence-electron chi connectivity index (χ4n) is 5.55. The van der Waals surface area contributed by atoms with Crippen molar-refractivity contribution in [1.82, 2.24) is 10.6 Å². The Kier molecular flexibility index (Phi) is 9.82. The van der Waals surface area contributed by atoms with Gasteiger partial charge in [0, 0.05) is 36.4 Å². The van der Waals surface area contributed by atoms with Gasteiger partial charge in [-0.3, -0.25) is 18.2 Å². The van der Waals surface area contributed by atoms with E-state index in [4.69, 9.17) is 0 Å². The van der Waals surface area contributed by atoms with Crippen LogP contribution in [0.25, 0.3) is 0 Å². The number of rotatable bonds is 13. The highest BCUT2D eigenvalue weighted by Gasteiger charge is 2.43. The lowest BCUT2D eigenvalue weighted by molar-refractivity contribution is 0.0820. The number of hydrogen-bond acceptors (Lipinski definition) is 7. The van der Waals surface area contributed by atoms with Crippen molar-refractivity contribution in [3.05, 3.63) is 59.7 Å². The molecule has 2 atom stereocenters. The Morgan fingerprint density at radius 1 is 1.10 bits per heavy atom. The van der Waals surface area contributed by atoms with Gasteiger partial charge in [-0.2, -0.15) is 0 Å². The quantitative estimate of drug-likeness (QED) is 0.199. The van der Waals surface area contributed by atoms with Crippen LogP contribution >= 0.6 is 10.8 Å². The van der Waals surface area contributed by atoms with Gasteiger partial charge in [0.1, 0.15) is 0 Å². The van der Waals surface area contributed by atoms with Gasteiger partial charge in [-0.15, -0.1) is 10.8 Å². The molecule has 4 rings (SSSR count). The summed E-state index contributed by atoms with van der Waals surface area (Å²) >= 11 is 0. The SMILES string of the molecule is CCNc1cc(C(=O)N[C@@H](Cc2ccccc2)[C@H](O)CNC2(CC(C)C)CC2)cc(N2CCCCS2(O)O)c1. The summed E-state index contributed by atoms with van der Waals surface area (Å²) < 4.78 is 23.1. The average Bonchev–Trinajstić information content (AvgIpc) is 3.66. The summed E-state index contributed by atoms with van der Waals surface area (Å²) in [6.07, 6.45) is 4.66. The van der Waals surface area contributed by atoms with E-state index < -0.39 is 22.9 Å². The molecule has 1 amide bonds. The maximum Gasteiger partial charge on any atom is 0.251 e. The number of carbonyl (C=O) groups excluding carboxylic acids is 1. The molecule has 1 aliphatic heterocycles. The van der Waals surface area contributed by atoms with Crippen molar-refractivity contribution in [3.63, 3.8) is 0 Å². The van der Waals surface area contributed by atoms with Crippen LogP contribution in [-0.4, -0.2) is 63.2 Å². The summed E-state index contributed by atoms with van der Waals surface area (Å²) in [4.78, 5) is 13.7. The Hall–Kier alpha value is -2.30. The maximum atomic E-state index is 13.7. The maximum absolute atomic E-state index is 13.7. The highest BCUT2D eigenvalue weighted by molar-refractivity contribution is 8.25. The molecule has 9 heteroatoms. The minimum atomic E-state index is -2.93. The molecule has 0 unspecified atom stereocenters. The Morgan fingerprint density at radius 3 is 2.49 bits per heavy atom. The van der Waals surface area contributed by atoms with Gasteiger partial charge in [0.15, 0.2) is 0 Å². The van der Waals surface area contributed by atoms with Gasteiger partial charge in [0.05, 0.1) is 23.6 Å². The molecule has 39 heavy (non-hydrogen) atoms. The first-order valence-electron chi connectivity index (χ1n) is 14.3. The molecule has 1 saturated heterocycles. The fraction of sp³-hybridized carbons (Fsp3) is 0.567. The third-order valence-electron chi connectivity index (χ3n) is 7.65. The number of β-amino-alcohol motifs (C(OH)–C–C–N with tert-alkyl or cyclic N) is 1. The van der Waals surface area contributed by atoms with Gasteiger partial charge in [0.25, 0.3) is 5.91 Å². The monoisotopic (exact) mass is 558 g/mol. The van der Waals surface area contributed by atoms with E-state index in [1.54, 1.807) is 16.4 Å². The van der Waals surface area contributed by atoms with Crippen molar-refractivity contribution in [2.45, 2.75) is 77.0 Å². The van der Waals surface area contributed by atoms with E-state index >= 15 is 0 Å². The molecule has 2 aliphatic rings. The number of aliphatic hydroxyl groups is 1. The lowest BCUT2D eigenvalue weighted by Crippen LogP contribution is -2.50. The van der Waals surface area contributed by atoms with E-state index in [9.17, 15) is 19.0 Å². The summed E-state index contributed by atoms with van der Waals surface area (Å²) in [5, 5.41) is 21.3. The summed E-state index contributed by atoms with van der Waals surface area (Å²) in [7, 11) is -2.93. The molecule has 2 aromatic rings. The highest BCUT2D eigenvalue weighted by atomic mass is 32.3. The molecular formula is C30H46N4O4S. The van der Waals surface area contributed by atoms with Crippen molar-refractivity contribution < 1.29 is 19.0 Å². The number of amides is 1. The molecule has 6 N–H and O–H groups in total. The van der Waals surface area contributed by atoms with Crippen LogP contribution < -0.4 is 20.3 Å². The van der Waals surface area contributed by atoms with Crippen molar-refractivity contribution >= 4 is 28.1 Å². The van der Waals surface area contributed by atoms with Crippen LogP contribution in [0.15, 0.2) is 48.5 Å². The van der Waals surface area contributed by atoms with Crippen molar-refractivity contribution in [2.75, 3.05) is 35.0 Å². The zero-order valence-electron chi connectivity index (χ0n) is 23.5. The summed E-state index contributed by atoms with van der Waals surface area (Å²) in [5.41, 5.74) is 2.91. The van der Waals surface area contributed by atoms with Crippen LogP contribution in [0.1, 0.15) is 68.8 Å². The molecule has 0 radical (unpaired) electrons. The molecule has 0 aromatic heterocycles. The van der Waals surface area contributed by atoms with Crippen molar-refractivity contribution in [3.8, 4) is 0 Å². The molecular weight excluding hydrogens is 512 g/mol. The largest absolute Gasteiger partial charge is 0.390 e. The van der Waals surface area contributed by atoms with Crippen LogP contribution in [0.2, 0.25) is 0 Å². The number of nitrogens with one attached hydrogen (secondary N) is 3. The summed E-state index contributed by atoms with van der Waals surface area (Å²) in [5.74, 6) is 0.609. The van der Waals surface area contributed by atoms with Gasteiger partial charge in [-0.1, -0.05) is 44.2 Å². The first-order chi connectivity index (χ1) is 18.6. The Balaban J connectivity index is 1.54. The Labute approximate surface area is 235 Å². The van der Waals surface area contributed by atoms with Crippen LogP contribution in [0, 0.1) is 5.92 Å². The molecule has 2 fully saturated rings. The van der Waals surface area contributed by atoms with E-state index in [-0.39, 0.29) is 11.4 Å². The van der Waals surface area contributed by atoms with E-state index in [0.29, 0.717) is 49.0 Å². The zero-order valence-corrected chi connectivity index (χ0v) is 24.3. The molecule has 8 nitrogen and oxygen atoms in total. The minimum absolute atomic E-state index is 0.101. The second-order valence-corrected chi connectivity index (χ2v) is 13.7. The number of carbonyl (C=O) groups is 1. The smallest absolute Gasteiger partial charge is 0.251 e. The summed E-state index contributed by atoms with van der Waals surface area (Å²) in [6, 6.07) is 14.8. The predicted molar refractivity (Wildman–Crippen MR) is 162 cm³/mol. The zero-order chi connectivity index (χ0) is 28.0. The number of benzene rings is 2. The van der Waals surface area contributed by atoms with Gasteiger partial charge in [-0.25, -0.2) is 0 Å². The van der Waals surface area contributed by atoms with Gasteiger partial charge >= 0.3 is 0 Å². The Bertz CT molecular complexity index is 1090. The van der Waals surface area contributed by atoms with Crippen molar-refractivity contribution in [1.29, 1.82) is 0 Å². The number of hydrogen-bond donors (Lipinski definition) is 6. The molecule has 1 saturated carbocycles. The molecule has 1 aliphatic carbocycles. The van der Waals surface area contributed by atoms with Crippen LogP contribution in [0.3, 0.4) is 0 Å². The number of aliphatic hydroxyl groups excluding tert-OH is 1. The van der Waals surface area contributed by atoms with E-state index in [1.807, 2.05) is 43.3 Å². The van der Waals surface area contributed by atoms with Crippen LogP contribution in [-0.2, 0) is 6.42 Å². The van der Waals surface area contributed by atoms with Gasteiger partial charge in [0.2, 0.25) is 0 Å². The molecule has 1 heterocycles. The minimum Gasteiger partial charge on any atom is -0.390 e. The Morgan fingerprint density at radius 2 is 1.85 bits per heavy atom.